The number of hydrogen-bond donors (Lipinski definition) is 0. The van der Waals surface area contributed by atoms with Crippen molar-refractivity contribution in [2.24, 2.45) is 5.92 Å². The van der Waals surface area contributed by atoms with Crippen LogP contribution in [0.15, 0.2) is 12.7 Å². The van der Waals surface area contributed by atoms with Crippen molar-refractivity contribution in [3.8, 4) is 0 Å². The van der Waals surface area contributed by atoms with Crippen LogP contribution in [-0.4, -0.2) is 26.1 Å². The van der Waals surface area contributed by atoms with Gasteiger partial charge in [0, 0.05) is 6.61 Å². The van der Waals surface area contributed by atoms with Gasteiger partial charge in [0.05, 0.1) is 12.0 Å². The summed E-state index contributed by atoms with van der Waals surface area (Å²) < 4.78 is 7.87. The topological polar surface area (TPSA) is 52.8 Å². The molecule has 1 aliphatic heterocycles. The SMILES string of the molecule is CC(C)Cc1ncnc2c1ncn2C1CCCCO1. The Balaban J connectivity index is 1.98. The monoisotopic (exact) mass is 260 g/mol. The summed E-state index contributed by atoms with van der Waals surface area (Å²) >= 11 is 0. The molecular weight excluding hydrogens is 240 g/mol. The smallest absolute Gasteiger partial charge is 0.165 e. The lowest BCUT2D eigenvalue weighted by molar-refractivity contribution is -0.0298. The van der Waals surface area contributed by atoms with Crippen molar-refractivity contribution in [1.29, 1.82) is 0 Å². The Morgan fingerprint density at radius 2 is 2.21 bits per heavy atom. The number of aromatic nitrogens is 4. The molecule has 1 aliphatic rings. The summed E-state index contributed by atoms with van der Waals surface area (Å²) in [7, 11) is 0. The van der Waals surface area contributed by atoms with E-state index in [2.05, 4.69) is 33.4 Å². The van der Waals surface area contributed by atoms with Crippen molar-refractivity contribution in [2.75, 3.05) is 6.61 Å². The van der Waals surface area contributed by atoms with Crippen LogP contribution in [0.25, 0.3) is 11.2 Å². The number of rotatable bonds is 3. The quantitative estimate of drug-likeness (QED) is 0.851. The van der Waals surface area contributed by atoms with Crippen LogP contribution in [-0.2, 0) is 11.2 Å². The molecule has 2 aromatic heterocycles. The van der Waals surface area contributed by atoms with Crippen LogP contribution >= 0.6 is 0 Å². The molecule has 0 aliphatic carbocycles. The second-order valence-corrected chi connectivity index (χ2v) is 5.56. The highest BCUT2D eigenvalue weighted by Crippen LogP contribution is 2.26. The van der Waals surface area contributed by atoms with Gasteiger partial charge >= 0.3 is 0 Å². The lowest BCUT2D eigenvalue weighted by Gasteiger charge is -2.23. The Hall–Kier alpha value is -1.49. The lowest BCUT2D eigenvalue weighted by atomic mass is 10.1. The summed E-state index contributed by atoms with van der Waals surface area (Å²) in [4.78, 5) is 13.3. The normalized spacial score (nSPS) is 20.3. The van der Waals surface area contributed by atoms with Gasteiger partial charge in [0.25, 0.3) is 0 Å². The molecule has 0 spiro atoms. The standard InChI is InChI=1S/C14H20N4O/c1-10(2)7-11-13-14(16-8-15-11)18(9-17-13)12-5-3-4-6-19-12/h8-10,12H,3-7H2,1-2H3. The third kappa shape index (κ3) is 2.47. The Bertz CT molecular complexity index is 558. The lowest BCUT2D eigenvalue weighted by Crippen LogP contribution is -2.17. The van der Waals surface area contributed by atoms with Crippen molar-refractivity contribution in [1.82, 2.24) is 19.5 Å². The Kier molecular flexibility index (Phi) is 3.46. The van der Waals surface area contributed by atoms with Gasteiger partial charge in [0.1, 0.15) is 18.1 Å². The van der Waals surface area contributed by atoms with E-state index in [1.807, 2.05) is 6.33 Å². The van der Waals surface area contributed by atoms with Gasteiger partial charge in [-0.2, -0.15) is 0 Å². The van der Waals surface area contributed by atoms with Gasteiger partial charge in [-0.3, -0.25) is 4.57 Å². The van der Waals surface area contributed by atoms with Gasteiger partial charge in [-0.25, -0.2) is 15.0 Å². The number of fused-ring (bicyclic) bond motifs is 1. The molecule has 3 rings (SSSR count). The van der Waals surface area contributed by atoms with E-state index in [0.29, 0.717) is 5.92 Å². The molecule has 3 heterocycles. The highest BCUT2D eigenvalue weighted by atomic mass is 16.5. The van der Waals surface area contributed by atoms with Crippen LogP contribution in [0.2, 0.25) is 0 Å². The van der Waals surface area contributed by atoms with Crippen LogP contribution in [0, 0.1) is 5.92 Å². The second-order valence-electron chi connectivity index (χ2n) is 5.56. The summed E-state index contributed by atoms with van der Waals surface area (Å²) in [5.74, 6) is 0.564. The summed E-state index contributed by atoms with van der Waals surface area (Å²) in [5, 5.41) is 0. The second kappa shape index (κ2) is 5.25. The predicted octanol–water partition coefficient (Wildman–Crippen LogP) is 2.72. The van der Waals surface area contributed by atoms with Crippen LogP contribution in [0.1, 0.15) is 45.0 Å². The predicted molar refractivity (Wildman–Crippen MR) is 72.7 cm³/mol. The van der Waals surface area contributed by atoms with Crippen molar-refractivity contribution in [3.63, 3.8) is 0 Å². The third-order valence-electron chi connectivity index (χ3n) is 3.50. The van der Waals surface area contributed by atoms with E-state index < -0.39 is 0 Å². The summed E-state index contributed by atoms with van der Waals surface area (Å²) in [6.45, 7) is 5.21. The number of nitrogens with zero attached hydrogens (tertiary/aromatic N) is 4. The zero-order valence-electron chi connectivity index (χ0n) is 11.5. The first-order valence-electron chi connectivity index (χ1n) is 7.03. The molecule has 0 radical (unpaired) electrons. The van der Waals surface area contributed by atoms with Crippen LogP contribution in [0.5, 0.6) is 0 Å². The maximum absolute atomic E-state index is 5.81. The zero-order valence-corrected chi connectivity index (χ0v) is 11.5. The van der Waals surface area contributed by atoms with Crippen LogP contribution < -0.4 is 0 Å². The summed E-state index contributed by atoms with van der Waals surface area (Å²) in [6.07, 6.45) is 7.89. The highest BCUT2D eigenvalue weighted by molar-refractivity contribution is 5.73. The van der Waals surface area contributed by atoms with Crippen molar-refractivity contribution >= 4 is 11.2 Å². The molecule has 0 bridgehead atoms. The summed E-state index contributed by atoms with van der Waals surface area (Å²) in [5.41, 5.74) is 2.86. The Morgan fingerprint density at radius 1 is 1.32 bits per heavy atom. The molecule has 19 heavy (non-hydrogen) atoms. The van der Waals surface area contributed by atoms with Gasteiger partial charge < -0.3 is 4.74 Å². The van der Waals surface area contributed by atoms with E-state index in [9.17, 15) is 0 Å². The first-order chi connectivity index (χ1) is 9.25. The molecule has 1 atom stereocenters. The fourth-order valence-corrected chi connectivity index (χ4v) is 2.59. The molecule has 1 unspecified atom stereocenters. The molecule has 0 saturated carbocycles. The molecule has 1 saturated heterocycles. The first-order valence-corrected chi connectivity index (χ1v) is 7.03. The van der Waals surface area contributed by atoms with E-state index in [1.165, 1.54) is 6.42 Å². The number of hydrogen-bond acceptors (Lipinski definition) is 4. The zero-order chi connectivity index (χ0) is 13.2. The van der Waals surface area contributed by atoms with Gasteiger partial charge in [-0.15, -0.1) is 0 Å². The van der Waals surface area contributed by atoms with E-state index in [0.717, 1.165) is 42.7 Å². The van der Waals surface area contributed by atoms with E-state index in [4.69, 9.17) is 4.74 Å². The van der Waals surface area contributed by atoms with Crippen molar-refractivity contribution in [3.05, 3.63) is 18.3 Å². The van der Waals surface area contributed by atoms with E-state index in [1.54, 1.807) is 6.33 Å². The average molecular weight is 260 g/mol. The maximum Gasteiger partial charge on any atom is 0.165 e. The van der Waals surface area contributed by atoms with E-state index >= 15 is 0 Å². The minimum atomic E-state index is 0.0838. The third-order valence-corrected chi connectivity index (χ3v) is 3.50. The van der Waals surface area contributed by atoms with Gasteiger partial charge in [-0.1, -0.05) is 13.8 Å². The average Bonchev–Trinajstić information content (AvgIpc) is 2.84. The van der Waals surface area contributed by atoms with Gasteiger partial charge in [0.2, 0.25) is 0 Å². The maximum atomic E-state index is 5.81. The van der Waals surface area contributed by atoms with Crippen molar-refractivity contribution in [2.45, 2.75) is 45.8 Å². The van der Waals surface area contributed by atoms with Gasteiger partial charge in [0.15, 0.2) is 5.65 Å². The number of imidazole rings is 1. The molecule has 1 fully saturated rings. The minimum Gasteiger partial charge on any atom is -0.358 e. The molecule has 0 N–H and O–H groups in total. The van der Waals surface area contributed by atoms with Gasteiger partial charge in [-0.05, 0) is 31.6 Å². The molecule has 0 aromatic carbocycles. The Labute approximate surface area is 113 Å². The molecule has 102 valence electrons. The van der Waals surface area contributed by atoms with Crippen molar-refractivity contribution < 1.29 is 4.74 Å². The molecule has 2 aromatic rings. The minimum absolute atomic E-state index is 0.0838. The van der Waals surface area contributed by atoms with Crippen LogP contribution in [0.3, 0.4) is 0 Å². The summed E-state index contributed by atoms with van der Waals surface area (Å²) in [6, 6.07) is 0. The molecule has 5 nitrogen and oxygen atoms in total. The molecule has 5 heteroatoms. The fourth-order valence-electron chi connectivity index (χ4n) is 2.59. The fraction of sp³-hybridized carbons (Fsp3) is 0.643. The first kappa shape index (κ1) is 12.5. The van der Waals surface area contributed by atoms with E-state index in [-0.39, 0.29) is 6.23 Å². The number of ether oxygens (including phenoxy) is 1. The molecular formula is C14H20N4O. The highest BCUT2D eigenvalue weighted by Gasteiger charge is 2.20. The Morgan fingerprint density at radius 3 is 2.95 bits per heavy atom. The molecule has 0 amide bonds. The largest absolute Gasteiger partial charge is 0.358 e. The van der Waals surface area contributed by atoms with Crippen LogP contribution in [0.4, 0.5) is 0 Å².